The van der Waals surface area contributed by atoms with Gasteiger partial charge in [-0.3, -0.25) is 86.9 Å². The van der Waals surface area contributed by atoms with Crippen LogP contribution in [-0.2, 0) is 87.9 Å². The largest absolute Gasteiger partial charge is 0.481 e. The predicted octanol–water partition coefficient (Wildman–Crippen LogP) is -9.53. The number of guanidine groups is 1. The number of carbonyl (C=O) groups is 17. The number of aromatic nitrogens is 2. The number of hydrogen-bond donors (Lipinski definition) is 38. The van der Waals surface area contributed by atoms with E-state index in [2.05, 4.69) is 26.8 Å². The van der Waals surface area contributed by atoms with Gasteiger partial charge in [0.15, 0.2) is 5.96 Å². The zero-order valence-electron chi connectivity index (χ0n) is 70.2. The minimum absolute atomic E-state index is 0.0208. The van der Waals surface area contributed by atoms with Gasteiger partial charge in [-0.15, -0.1) is 0 Å². The third-order valence-corrected chi connectivity index (χ3v) is 13.7. The lowest BCUT2D eigenvalue weighted by atomic mass is 10.0. The van der Waals surface area contributed by atoms with Crippen molar-refractivity contribution in [2.45, 2.75) is 230 Å². The van der Waals surface area contributed by atoms with E-state index in [1.807, 2.05) is 34.0 Å². The molecule has 724 valence electrons. The van der Waals surface area contributed by atoms with Crippen LogP contribution in [0.15, 0.2) is 12.5 Å². The average Bonchev–Trinajstić information content (AvgIpc) is 1.83. The van der Waals surface area contributed by atoms with Crippen LogP contribution in [0.25, 0.3) is 0 Å². The van der Waals surface area contributed by atoms with Crippen molar-refractivity contribution in [1.82, 2.24) is 15.3 Å². The highest BCUT2D eigenvalue weighted by molar-refractivity contribution is 7.98. The molecule has 56 N–H and O–H groups in total. The maximum atomic E-state index is 10.3. The fourth-order valence-electron chi connectivity index (χ4n) is 5.19. The molecule has 0 aliphatic rings. The Balaban J connectivity index is -0.0000000967. The molecule has 0 bridgehead atoms. The minimum Gasteiger partial charge on any atom is -0.481 e. The Bertz CT molecular complexity index is 3010. The third-order valence-electron chi connectivity index (χ3n) is 13.1. The summed E-state index contributed by atoms with van der Waals surface area (Å²) in [6.45, 7) is 14.3. The minimum atomic E-state index is -1.21. The Morgan fingerprint density at radius 2 is 0.797 bits per heavy atom. The maximum Gasteiger partial charge on any atom is 0.323 e. The number of thioether (sulfide) groups is 1. The van der Waals surface area contributed by atoms with Gasteiger partial charge in [0.05, 0.1) is 37.7 Å². The molecule has 56 nitrogen and oxygen atoms in total. The molecule has 15 atom stereocenters. The number of carbonyl (C=O) groups excluding carboxylic acids is 2. The van der Waals surface area contributed by atoms with Gasteiger partial charge in [-0.25, -0.2) is 4.98 Å². The molecule has 0 unspecified atom stereocenters. The number of imidazole rings is 1. The lowest BCUT2D eigenvalue weighted by molar-refractivity contribution is -0.141. The Morgan fingerprint density at radius 3 is 0.992 bits per heavy atom. The average molecular weight is 1820 g/mol. The fraction of sp³-hybridized carbons (Fsp3) is 0.682. The van der Waals surface area contributed by atoms with E-state index >= 15 is 0 Å². The van der Waals surface area contributed by atoms with E-state index in [4.69, 9.17) is 184 Å². The molecule has 0 aliphatic heterocycles. The summed E-state index contributed by atoms with van der Waals surface area (Å²) in [7, 11) is 0. The Hall–Kier alpha value is -10.9. The first-order chi connectivity index (χ1) is 56.0. The number of aliphatic carboxylic acids is 15. The van der Waals surface area contributed by atoms with Crippen molar-refractivity contribution >= 4 is 119 Å². The van der Waals surface area contributed by atoms with Crippen LogP contribution in [0.4, 0.5) is 0 Å². The summed E-state index contributed by atoms with van der Waals surface area (Å²) < 4.78 is 0. The fourth-order valence-corrected chi connectivity index (χ4v) is 5.68. The van der Waals surface area contributed by atoms with E-state index in [0.29, 0.717) is 56.8 Å². The molecule has 0 aromatic carbocycles. The summed E-state index contributed by atoms with van der Waals surface area (Å²) in [4.78, 5) is 176. The second-order valence-electron chi connectivity index (χ2n) is 25.4. The van der Waals surface area contributed by atoms with Gasteiger partial charge in [0.2, 0.25) is 11.8 Å². The van der Waals surface area contributed by atoms with Crippen LogP contribution in [0, 0.1) is 23.2 Å². The number of nitrogens with one attached hydrogen (secondary N) is 3. The van der Waals surface area contributed by atoms with Gasteiger partial charge in [0, 0.05) is 32.0 Å². The van der Waals surface area contributed by atoms with E-state index in [-0.39, 0.29) is 62.9 Å². The molecule has 1 aromatic heterocycles. The number of primary amides is 2. The highest BCUT2D eigenvalue weighted by Gasteiger charge is 2.21. The number of carboxylic acid groups (broad SMARTS) is 15. The first-order valence-corrected chi connectivity index (χ1v) is 37.5. The number of rotatable bonds is 42. The Morgan fingerprint density at radius 1 is 0.447 bits per heavy atom. The molecule has 1 aromatic rings. The van der Waals surface area contributed by atoms with Gasteiger partial charge in [-0.2, -0.15) is 11.8 Å². The SMILES string of the molecule is CC(C)C[C@H](N)C(=O)O.CC(C)[C@H](N)C(=O)O.CC[C@H](C)[C@H](N)C(=O)O.CSCC[C@H](N)C(=O)O.C[C@@H](O)[C@H](N)C(=O)O.C[C@H](N)C(=O)O.N=C(N)NCCC[C@H](N)C(=O)O.NC(=O)CC[C@H](N)C(=O)O.NC(=O)C[C@H](N)C(=O)O.NCC(=O)O.NCCCC[C@H](N)C(=O)O.N[C@@H](CCC(=O)O)C(=O)O.N[C@@H](CO)C(=O)O.N[C@@H](Cc1c[nH]cn1)C(=O)O. The molecular weight excluding hydrogens is 1680 g/mol. The normalized spacial score (nSPS) is 13.3. The van der Waals surface area contributed by atoms with Crippen LogP contribution in [-0.4, -0.2) is 327 Å². The smallest absolute Gasteiger partial charge is 0.323 e. The summed E-state index contributed by atoms with van der Waals surface area (Å²) in [6, 6.07) is -11.4. The van der Waals surface area contributed by atoms with Crippen LogP contribution >= 0.6 is 11.8 Å². The summed E-state index contributed by atoms with van der Waals surface area (Å²) in [5.41, 5.74) is 90.9. The summed E-state index contributed by atoms with van der Waals surface area (Å²) in [5.74, 6) is -15.5. The van der Waals surface area contributed by atoms with Crippen LogP contribution in [0.2, 0.25) is 0 Å². The van der Waals surface area contributed by atoms with Crippen molar-refractivity contribution in [3.05, 3.63) is 18.2 Å². The highest BCUT2D eigenvalue weighted by atomic mass is 32.2. The first kappa shape index (κ1) is 141. The van der Waals surface area contributed by atoms with E-state index in [9.17, 15) is 81.5 Å². The second-order valence-corrected chi connectivity index (χ2v) is 26.4. The standard InChI is InChI=1S/C6H14N4O2.C6H9N3O2.C6H14N2O2.2C6H13NO2.C5H10N2O3.C5H9NO4.C5H11NO2S.C5H11NO2.C4H8N2O3.C4H9NO3.C3H7NO3.C3H7NO2.C2H5NO2/c7-4(5(11)12)2-1-3-10-6(8)9;7-5(6(10)11)1-4-2-8-3-9-4;7-4-2-1-3-5(8)6(9)10;1-4(2)3-5(7)6(8)9;1-3-4(2)5(7)6(8)9;2*6-3(5(9)10)1-2-4(7)8;1-9-3-2-4(6)5(7)8;1-3(2)4(6)5(7)8;5-2(4(8)9)1-3(6)7;1-2(6)3(5)4(7)8;4-2(1-5)3(6)7;1-2(4)3(5)6;3-1-2(4)5/h4H,1-3,7H2,(H,11,12)(H4,8,9,10);2-3,5H,1,7H2,(H,8,9)(H,10,11);5H,1-4,7-8H2,(H,9,10);2*4-5H,3,7H2,1-2H3,(H,8,9);3H,1-2,6H2,(H2,7,8)(H,9,10);3H,1-2,6H2,(H,7,8)(H,9,10);4H,2-3,6H2,1H3,(H,7,8);3-4H,6H2,1-2H3,(H,7,8);2H,1,5H2,(H2,6,7)(H,8,9);2-3,6H,5H2,1H3,(H,7,8);2,5H,1,4H2,(H,6,7);2H,4H2,1H3,(H,5,6);1,3H2,(H,4,5)/t4-;3*5-;4-,5-;2*3-;2*4-;2-;2-,3+;2*2-;/m0000000000100./s1. The number of nitrogens with zero attached hydrogens (tertiary/aromatic N) is 1. The number of carboxylic acids is 15. The zero-order chi connectivity index (χ0) is 100. The van der Waals surface area contributed by atoms with Gasteiger partial charge < -0.3 is 200 Å². The predicted molar refractivity (Wildman–Crippen MR) is 444 cm³/mol. The first-order valence-electron chi connectivity index (χ1n) is 36.1. The molecule has 2 amide bonds. The van der Waals surface area contributed by atoms with Crippen molar-refractivity contribution < 1.29 is 168 Å². The van der Waals surface area contributed by atoms with Crippen LogP contribution < -0.4 is 109 Å². The molecular formula is C66H140N22O34S. The molecule has 0 saturated heterocycles. The molecule has 0 aliphatic carbocycles. The molecule has 57 heteroatoms. The van der Waals surface area contributed by atoms with E-state index in [0.717, 1.165) is 25.0 Å². The number of aliphatic hydroxyl groups excluding tert-OH is 2. The number of aliphatic hydroxyl groups is 2. The Labute approximate surface area is 713 Å². The summed E-state index contributed by atoms with van der Waals surface area (Å²) in [6.07, 6.45) is 8.97. The van der Waals surface area contributed by atoms with E-state index in [1.165, 1.54) is 20.2 Å². The molecule has 1 rings (SSSR count). The lowest BCUT2D eigenvalue weighted by Gasteiger charge is -2.11. The van der Waals surface area contributed by atoms with Gasteiger partial charge in [0.25, 0.3) is 0 Å². The molecule has 0 fully saturated rings. The summed E-state index contributed by atoms with van der Waals surface area (Å²) in [5, 5.41) is 148. The quantitative estimate of drug-likeness (QED) is 0.0164. The maximum absolute atomic E-state index is 10.3. The van der Waals surface area contributed by atoms with Crippen molar-refractivity contribution in [2.24, 2.45) is 121 Å². The number of H-pyrrole nitrogens is 1. The van der Waals surface area contributed by atoms with Crippen molar-refractivity contribution in [3.8, 4) is 0 Å². The molecule has 0 spiro atoms. The molecule has 0 radical (unpaired) electrons. The number of nitrogens with two attached hydrogens (primary N) is 18. The molecule has 0 saturated carbocycles. The Kier molecular flexibility index (Phi) is 104. The van der Waals surface area contributed by atoms with Gasteiger partial charge in [-0.05, 0) is 102 Å². The number of aromatic amines is 1. The monoisotopic (exact) mass is 1820 g/mol. The van der Waals surface area contributed by atoms with Crippen molar-refractivity contribution in [2.75, 3.05) is 38.2 Å². The second kappa shape index (κ2) is 90.4. The van der Waals surface area contributed by atoms with Crippen LogP contribution in [0.1, 0.15) is 145 Å². The van der Waals surface area contributed by atoms with Crippen LogP contribution in [0.5, 0.6) is 0 Å². The van der Waals surface area contributed by atoms with Crippen molar-refractivity contribution in [1.29, 1.82) is 5.41 Å². The molecule has 123 heavy (non-hydrogen) atoms. The van der Waals surface area contributed by atoms with Gasteiger partial charge >= 0.3 is 89.5 Å². The number of unbranched alkanes of at least 4 members (excludes halogenated alkanes) is 1. The zero-order valence-corrected chi connectivity index (χ0v) is 71.0. The molecule has 1 heterocycles. The van der Waals surface area contributed by atoms with E-state index < -0.39 is 193 Å². The highest BCUT2D eigenvalue weighted by Crippen LogP contribution is 2.05. The van der Waals surface area contributed by atoms with Crippen molar-refractivity contribution in [3.63, 3.8) is 0 Å². The number of hydrogen-bond acceptors (Lipinski definition) is 37. The topological polar surface area (TPSA) is 1170 Å². The third kappa shape index (κ3) is 122. The van der Waals surface area contributed by atoms with Gasteiger partial charge in [0.1, 0.15) is 78.5 Å². The lowest BCUT2D eigenvalue weighted by Crippen LogP contribution is -2.39. The van der Waals surface area contributed by atoms with Crippen LogP contribution in [0.3, 0.4) is 0 Å². The van der Waals surface area contributed by atoms with Gasteiger partial charge in [-0.1, -0.05) is 54.4 Å². The van der Waals surface area contributed by atoms with E-state index in [1.54, 1.807) is 31.8 Å². The summed E-state index contributed by atoms with van der Waals surface area (Å²) >= 11 is 1.60. The number of amides is 2.